The minimum absolute atomic E-state index is 0.681. The van der Waals surface area contributed by atoms with Gasteiger partial charge >= 0.3 is 0 Å². The van der Waals surface area contributed by atoms with Crippen molar-refractivity contribution >= 4 is 11.6 Å². The molecular weight excluding hydrogens is 274 g/mol. The minimum Gasteiger partial charge on any atom is -0.492 e. The van der Waals surface area contributed by atoms with Crippen LogP contribution in [0.5, 0.6) is 5.75 Å². The Kier molecular flexibility index (Phi) is 6.64. The van der Waals surface area contributed by atoms with Gasteiger partial charge in [-0.05, 0) is 44.4 Å². The second-order valence-electron chi connectivity index (χ2n) is 5.48. The number of para-hydroxylation sites is 1. The molecule has 0 bridgehead atoms. The highest BCUT2D eigenvalue weighted by Crippen LogP contribution is 2.23. The molecule has 1 fully saturated rings. The van der Waals surface area contributed by atoms with Crippen LogP contribution in [0.4, 0.5) is 0 Å². The molecule has 0 aliphatic carbocycles. The molecule has 0 radical (unpaired) electrons. The fourth-order valence-corrected chi connectivity index (χ4v) is 2.75. The highest BCUT2D eigenvalue weighted by atomic mass is 35.5. The van der Waals surface area contributed by atoms with Gasteiger partial charge in [-0.1, -0.05) is 23.7 Å². The van der Waals surface area contributed by atoms with Gasteiger partial charge in [-0.25, -0.2) is 0 Å². The largest absolute Gasteiger partial charge is 0.492 e. The average Bonchev–Trinajstić information content (AvgIpc) is 2.46. The number of hydrogen-bond acceptors (Lipinski definition) is 3. The van der Waals surface area contributed by atoms with E-state index in [4.69, 9.17) is 21.1 Å². The Morgan fingerprint density at radius 3 is 3.00 bits per heavy atom. The predicted octanol–water partition coefficient (Wildman–Crippen LogP) is 3.47. The topological polar surface area (TPSA) is 21.7 Å². The maximum atomic E-state index is 6.05. The molecule has 3 nitrogen and oxygen atoms in total. The van der Waals surface area contributed by atoms with Crippen LogP contribution in [0.3, 0.4) is 0 Å². The monoisotopic (exact) mass is 297 g/mol. The Morgan fingerprint density at radius 2 is 2.25 bits per heavy atom. The van der Waals surface area contributed by atoms with Gasteiger partial charge in [-0.2, -0.15) is 0 Å². The van der Waals surface area contributed by atoms with Crippen molar-refractivity contribution in [3.63, 3.8) is 0 Å². The molecule has 1 saturated heterocycles. The summed E-state index contributed by atoms with van der Waals surface area (Å²) in [6, 6.07) is 7.61. The zero-order chi connectivity index (χ0) is 14.2. The summed E-state index contributed by atoms with van der Waals surface area (Å²) in [6.45, 7) is 4.72. The minimum atomic E-state index is 0.681. The van der Waals surface area contributed by atoms with E-state index < -0.39 is 0 Å². The molecule has 1 atom stereocenters. The third kappa shape index (κ3) is 5.31. The lowest BCUT2D eigenvalue weighted by Gasteiger charge is -2.27. The first-order valence-electron chi connectivity index (χ1n) is 7.39. The standard InChI is InChI=1S/C16H24ClNO2/c1-18(12-14-6-4-10-19-13-14)9-5-11-20-16-8-3-2-7-15(16)17/h2-3,7-8,14H,4-6,9-13H2,1H3. The summed E-state index contributed by atoms with van der Waals surface area (Å²) >= 11 is 6.05. The van der Waals surface area contributed by atoms with Crippen molar-refractivity contribution < 1.29 is 9.47 Å². The molecule has 0 aromatic heterocycles. The average molecular weight is 298 g/mol. The third-order valence-corrected chi connectivity index (χ3v) is 3.92. The lowest BCUT2D eigenvalue weighted by atomic mass is 10.0. The van der Waals surface area contributed by atoms with E-state index >= 15 is 0 Å². The number of nitrogens with zero attached hydrogens (tertiary/aromatic N) is 1. The zero-order valence-electron chi connectivity index (χ0n) is 12.2. The van der Waals surface area contributed by atoms with Gasteiger partial charge in [0.2, 0.25) is 0 Å². The quantitative estimate of drug-likeness (QED) is 0.719. The second-order valence-corrected chi connectivity index (χ2v) is 5.89. The smallest absolute Gasteiger partial charge is 0.137 e. The van der Waals surface area contributed by atoms with Crippen LogP contribution in [0.15, 0.2) is 24.3 Å². The van der Waals surface area contributed by atoms with Gasteiger partial charge < -0.3 is 14.4 Å². The van der Waals surface area contributed by atoms with E-state index in [-0.39, 0.29) is 0 Å². The molecule has 1 aromatic carbocycles. The van der Waals surface area contributed by atoms with Gasteiger partial charge in [0, 0.05) is 19.7 Å². The molecule has 0 N–H and O–H groups in total. The van der Waals surface area contributed by atoms with Crippen LogP contribution in [-0.2, 0) is 4.74 Å². The molecule has 1 aliphatic heterocycles. The summed E-state index contributed by atoms with van der Waals surface area (Å²) in [5, 5.41) is 0.681. The van der Waals surface area contributed by atoms with Gasteiger partial charge in [0.15, 0.2) is 0 Å². The van der Waals surface area contributed by atoms with Crippen LogP contribution in [-0.4, -0.2) is 44.9 Å². The Balaban J connectivity index is 1.59. The van der Waals surface area contributed by atoms with Crippen LogP contribution in [0, 0.1) is 5.92 Å². The van der Waals surface area contributed by atoms with Crippen molar-refractivity contribution in [1.82, 2.24) is 4.90 Å². The van der Waals surface area contributed by atoms with Gasteiger partial charge in [0.05, 0.1) is 18.2 Å². The van der Waals surface area contributed by atoms with Crippen molar-refractivity contribution in [3.05, 3.63) is 29.3 Å². The molecule has 1 unspecified atom stereocenters. The maximum Gasteiger partial charge on any atom is 0.137 e. The fourth-order valence-electron chi connectivity index (χ4n) is 2.56. The van der Waals surface area contributed by atoms with Crippen LogP contribution in [0.25, 0.3) is 0 Å². The normalized spacial score (nSPS) is 19.2. The third-order valence-electron chi connectivity index (χ3n) is 3.60. The molecule has 0 spiro atoms. The molecule has 4 heteroatoms. The summed E-state index contributed by atoms with van der Waals surface area (Å²) < 4.78 is 11.2. The summed E-state index contributed by atoms with van der Waals surface area (Å²) in [4.78, 5) is 2.37. The first-order valence-corrected chi connectivity index (χ1v) is 7.77. The molecule has 112 valence electrons. The van der Waals surface area contributed by atoms with Gasteiger partial charge in [0.1, 0.15) is 5.75 Å². The van der Waals surface area contributed by atoms with E-state index in [2.05, 4.69) is 11.9 Å². The van der Waals surface area contributed by atoms with Crippen molar-refractivity contribution in [1.29, 1.82) is 0 Å². The van der Waals surface area contributed by atoms with Crippen molar-refractivity contribution in [2.24, 2.45) is 5.92 Å². The van der Waals surface area contributed by atoms with Gasteiger partial charge in [-0.15, -0.1) is 0 Å². The molecule has 2 rings (SSSR count). The van der Waals surface area contributed by atoms with Gasteiger partial charge in [-0.3, -0.25) is 0 Å². The predicted molar refractivity (Wildman–Crippen MR) is 82.6 cm³/mol. The summed E-state index contributed by atoms with van der Waals surface area (Å²) in [5.41, 5.74) is 0. The summed E-state index contributed by atoms with van der Waals surface area (Å²) in [6.07, 6.45) is 3.50. The SMILES string of the molecule is CN(CCCOc1ccccc1Cl)CC1CCCOC1. The van der Waals surface area contributed by atoms with Crippen LogP contribution in [0.2, 0.25) is 5.02 Å². The van der Waals surface area contributed by atoms with E-state index in [1.54, 1.807) is 0 Å². The number of rotatable bonds is 7. The zero-order valence-corrected chi connectivity index (χ0v) is 12.9. The van der Waals surface area contributed by atoms with Crippen LogP contribution >= 0.6 is 11.6 Å². The van der Waals surface area contributed by atoms with Crippen LogP contribution < -0.4 is 4.74 Å². The Morgan fingerprint density at radius 1 is 1.40 bits per heavy atom. The maximum absolute atomic E-state index is 6.05. The fraction of sp³-hybridized carbons (Fsp3) is 0.625. The van der Waals surface area contributed by atoms with E-state index in [0.29, 0.717) is 17.5 Å². The van der Waals surface area contributed by atoms with E-state index in [1.165, 1.54) is 12.8 Å². The molecule has 0 amide bonds. The van der Waals surface area contributed by atoms with Crippen molar-refractivity contribution in [2.45, 2.75) is 19.3 Å². The Hall–Kier alpha value is -0.770. The molecule has 1 aliphatic rings. The van der Waals surface area contributed by atoms with Crippen molar-refractivity contribution in [3.8, 4) is 5.75 Å². The van der Waals surface area contributed by atoms with Crippen LogP contribution in [0.1, 0.15) is 19.3 Å². The first kappa shape index (κ1) is 15.6. The lowest BCUT2D eigenvalue weighted by Crippen LogP contribution is -2.32. The number of benzene rings is 1. The van der Waals surface area contributed by atoms with Crippen molar-refractivity contribution in [2.75, 3.05) is 40.0 Å². The van der Waals surface area contributed by atoms with Gasteiger partial charge in [0.25, 0.3) is 0 Å². The molecular formula is C16H24ClNO2. The molecule has 20 heavy (non-hydrogen) atoms. The Bertz CT molecular complexity index is 394. The highest BCUT2D eigenvalue weighted by molar-refractivity contribution is 6.32. The second kappa shape index (κ2) is 8.50. The summed E-state index contributed by atoms with van der Waals surface area (Å²) in [7, 11) is 2.17. The molecule has 1 aromatic rings. The number of halogens is 1. The number of hydrogen-bond donors (Lipinski definition) is 0. The van der Waals surface area contributed by atoms with E-state index in [0.717, 1.165) is 38.5 Å². The van der Waals surface area contributed by atoms with E-state index in [9.17, 15) is 0 Å². The Labute approximate surface area is 126 Å². The highest BCUT2D eigenvalue weighted by Gasteiger charge is 2.15. The van der Waals surface area contributed by atoms with E-state index in [1.807, 2.05) is 24.3 Å². The summed E-state index contributed by atoms with van der Waals surface area (Å²) in [5.74, 6) is 1.47. The lowest BCUT2D eigenvalue weighted by molar-refractivity contribution is 0.0415. The molecule has 1 heterocycles. The first-order chi connectivity index (χ1) is 9.75. The molecule has 0 saturated carbocycles. The number of ether oxygens (including phenoxy) is 2.